The van der Waals surface area contributed by atoms with Crippen LogP contribution in [0.1, 0.15) is 66.3 Å². The number of hydrogen-bond donors (Lipinski definition) is 1. The Morgan fingerprint density at radius 2 is 2.03 bits per heavy atom. The van der Waals surface area contributed by atoms with E-state index in [1.807, 2.05) is 38.4 Å². The molecule has 3 aromatic rings. The van der Waals surface area contributed by atoms with E-state index < -0.39 is 0 Å². The fraction of sp³-hybridized carbons (Fsp3) is 0.478. The number of rotatable bonds is 6. The van der Waals surface area contributed by atoms with E-state index in [1.165, 1.54) is 11.3 Å². The number of amides is 1. The molecule has 1 fully saturated rings. The van der Waals surface area contributed by atoms with Crippen LogP contribution in [0, 0.1) is 0 Å². The number of nitrogens with zero attached hydrogens (tertiary/aromatic N) is 4. The zero-order valence-electron chi connectivity index (χ0n) is 18.5. The topological polar surface area (TPSA) is 80.2 Å². The van der Waals surface area contributed by atoms with Gasteiger partial charge in [-0.25, -0.2) is 15.0 Å². The summed E-state index contributed by atoms with van der Waals surface area (Å²) in [7, 11) is 0. The summed E-state index contributed by atoms with van der Waals surface area (Å²) < 4.78 is 6.17. The minimum atomic E-state index is -0.185. The Morgan fingerprint density at radius 3 is 2.74 bits per heavy atom. The van der Waals surface area contributed by atoms with Gasteiger partial charge in [0.1, 0.15) is 15.5 Å². The summed E-state index contributed by atoms with van der Waals surface area (Å²) in [6.07, 6.45) is 5.41. The van der Waals surface area contributed by atoms with Gasteiger partial charge in [-0.3, -0.25) is 9.69 Å². The number of ether oxygens (including phenoxy) is 1. The number of thiophene rings is 1. The molecule has 0 radical (unpaired) electrons. The van der Waals surface area contributed by atoms with Gasteiger partial charge in [-0.05, 0) is 19.9 Å². The molecular formula is C23H29N5O2S. The van der Waals surface area contributed by atoms with Gasteiger partial charge in [-0.1, -0.05) is 19.9 Å². The van der Waals surface area contributed by atoms with E-state index in [-0.39, 0.29) is 18.1 Å². The molecule has 0 spiro atoms. The lowest BCUT2D eigenvalue weighted by atomic mass is 10.0. The number of nitrogens with one attached hydrogen (secondary N) is 1. The fourth-order valence-corrected chi connectivity index (χ4v) is 4.89. The largest absolute Gasteiger partial charge is 0.371 e. The molecule has 1 atom stereocenters. The molecular weight excluding hydrogens is 410 g/mol. The molecule has 1 aliphatic heterocycles. The predicted octanol–water partition coefficient (Wildman–Crippen LogP) is 3.92. The summed E-state index contributed by atoms with van der Waals surface area (Å²) in [5, 5.41) is 4.02. The highest BCUT2D eigenvalue weighted by Gasteiger charge is 2.30. The molecule has 1 amide bonds. The summed E-state index contributed by atoms with van der Waals surface area (Å²) in [6, 6.07) is 4.01. The number of aromatic nitrogens is 3. The van der Waals surface area contributed by atoms with Crippen LogP contribution in [-0.4, -0.2) is 51.5 Å². The van der Waals surface area contributed by atoms with Gasteiger partial charge in [0.05, 0.1) is 12.7 Å². The molecule has 31 heavy (non-hydrogen) atoms. The van der Waals surface area contributed by atoms with Crippen molar-refractivity contribution in [2.24, 2.45) is 0 Å². The molecule has 0 bridgehead atoms. The van der Waals surface area contributed by atoms with Crippen molar-refractivity contribution in [1.82, 2.24) is 25.2 Å². The van der Waals surface area contributed by atoms with Gasteiger partial charge in [0, 0.05) is 66.7 Å². The van der Waals surface area contributed by atoms with Crippen LogP contribution >= 0.6 is 11.3 Å². The molecule has 164 valence electrons. The first kappa shape index (κ1) is 21.8. The minimum absolute atomic E-state index is 0.0635. The lowest BCUT2D eigenvalue weighted by molar-refractivity contribution is -0.0323. The van der Waals surface area contributed by atoms with E-state index in [9.17, 15) is 4.79 Å². The van der Waals surface area contributed by atoms with Gasteiger partial charge in [-0.2, -0.15) is 0 Å². The molecule has 8 heteroatoms. The standard InChI is InChI=1S/C23H29N5O2S/c1-14(2)21-25-10-16(11-26-21)12-28-8-9-30-18(13-28)19-17-6-5-7-24-23(17)31-20(19)22(29)27-15(3)4/h5-7,10-11,14-15,18H,8-9,12-13H2,1-4H3,(H,27,29). The molecule has 7 nitrogen and oxygen atoms in total. The highest BCUT2D eigenvalue weighted by Crippen LogP contribution is 2.37. The van der Waals surface area contributed by atoms with Crippen molar-refractivity contribution in [3.63, 3.8) is 0 Å². The van der Waals surface area contributed by atoms with Crippen LogP contribution in [0.2, 0.25) is 0 Å². The van der Waals surface area contributed by atoms with Crippen molar-refractivity contribution in [1.29, 1.82) is 0 Å². The van der Waals surface area contributed by atoms with E-state index >= 15 is 0 Å². The Bertz CT molecular complexity index is 1050. The van der Waals surface area contributed by atoms with E-state index in [1.54, 1.807) is 6.20 Å². The normalized spacial score (nSPS) is 17.5. The number of fused-ring (bicyclic) bond motifs is 1. The van der Waals surface area contributed by atoms with Crippen LogP contribution in [0.4, 0.5) is 0 Å². The number of carbonyl (C=O) groups excluding carboxylic acids is 1. The SMILES string of the molecule is CC(C)NC(=O)c1sc2ncccc2c1C1CN(Cc2cnc(C(C)C)nc2)CCO1. The second-order valence-corrected chi connectivity index (χ2v) is 9.53. The summed E-state index contributed by atoms with van der Waals surface area (Å²) in [5.41, 5.74) is 2.03. The molecule has 4 heterocycles. The van der Waals surface area contributed by atoms with Crippen molar-refractivity contribution < 1.29 is 9.53 Å². The molecule has 1 saturated heterocycles. The first-order valence-electron chi connectivity index (χ1n) is 10.8. The smallest absolute Gasteiger partial charge is 0.262 e. The average Bonchev–Trinajstić information content (AvgIpc) is 3.14. The highest BCUT2D eigenvalue weighted by atomic mass is 32.1. The zero-order chi connectivity index (χ0) is 22.0. The van der Waals surface area contributed by atoms with Crippen molar-refractivity contribution in [3.8, 4) is 0 Å². The predicted molar refractivity (Wildman–Crippen MR) is 122 cm³/mol. The van der Waals surface area contributed by atoms with Crippen molar-refractivity contribution >= 4 is 27.5 Å². The lowest BCUT2D eigenvalue weighted by Gasteiger charge is -2.33. The van der Waals surface area contributed by atoms with Gasteiger partial charge in [0.15, 0.2) is 0 Å². The van der Waals surface area contributed by atoms with Gasteiger partial charge in [0.25, 0.3) is 5.91 Å². The maximum absolute atomic E-state index is 12.9. The van der Waals surface area contributed by atoms with Crippen LogP contribution in [-0.2, 0) is 11.3 Å². The molecule has 0 aliphatic carbocycles. The second-order valence-electron chi connectivity index (χ2n) is 8.53. The third kappa shape index (κ3) is 4.92. The molecule has 3 aromatic heterocycles. The van der Waals surface area contributed by atoms with Crippen LogP contribution in [0.15, 0.2) is 30.7 Å². The number of morpholine rings is 1. The van der Waals surface area contributed by atoms with E-state index in [0.717, 1.165) is 40.3 Å². The van der Waals surface area contributed by atoms with Crippen LogP contribution < -0.4 is 5.32 Å². The maximum Gasteiger partial charge on any atom is 0.262 e. The number of pyridine rings is 1. The Balaban J connectivity index is 1.58. The van der Waals surface area contributed by atoms with Gasteiger partial charge >= 0.3 is 0 Å². The van der Waals surface area contributed by atoms with Gasteiger partial charge in [-0.15, -0.1) is 11.3 Å². The molecule has 1 aliphatic rings. The molecule has 0 aromatic carbocycles. The van der Waals surface area contributed by atoms with Crippen LogP contribution in [0.25, 0.3) is 10.2 Å². The maximum atomic E-state index is 12.9. The van der Waals surface area contributed by atoms with Crippen LogP contribution in [0.3, 0.4) is 0 Å². The summed E-state index contributed by atoms with van der Waals surface area (Å²) in [4.78, 5) is 30.3. The Kier molecular flexibility index (Phi) is 6.60. The van der Waals surface area contributed by atoms with Crippen LogP contribution in [0.5, 0.6) is 0 Å². The van der Waals surface area contributed by atoms with Gasteiger partial charge in [0.2, 0.25) is 0 Å². The zero-order valence-corrected chi connectivity index (χ0v) is 19.3. The van der Waals surface area contributed by atoms with Crippen molar-refractivity contribution in [2.45, 2.75) is 52.3 Å². The third-order valence-corrected chi connectivity index (χ3v) is 6.38. The number of hydrogen-bond acceptors (Lipinski definition) is 7. The Hall–Kier alpha value is -2.42. The first-order chi connectivity index (χ1) is 14.9. The van der Waals surface area contributed by atoms with E-state index in [2.05, 4.69) is 39.0 Å². The molecule has 0 saturated carbocycles. The summed E-state index contributed by atoms with van der Waals surface area (Å²) in [5.74, 6) is 1.12. The molecule has 4 rings (SSSR count). The third-order valence-electron chi connectivity index (χ3n) is 5.25. The summed E-state index contributed by atoms with van der Waals surface area (Å²) >= 11 is 1.44. The first-order valence-corrected chi connectivity index (χ1v) is 11.6. The van der Waals surface area contributed by atoms with E-state index in [0.29, 0.717) is 23.9 Å². The Labute approximate surface area is 186 Å². The Morgan fingerprint density at radius 1 is 1.26 bits per heavy atom. The minimum Gasteiger partial charge on any atom is -0.371 e. The van der Waals surface area contributed by atoms with Crippen molar-refractivity contribution in [2.75, 3.05) is 19.7 Å². The monoisotopic (exact) mass is 439 g/mol. The average molecular weight is 440 g/mol. The molecule has 1 unspecified atom stereocenters. The quantitative estimate of drug-likeness (QED) is 0.627. The fourth-order valence-electron chi connectivity index (χ4n) is 3.79. The second kappa shape index (κ2) is 9.38. The highest BCUT2D eigenvalue weighted by molar-refractivity contribution is 7.20. The summed E-state index contributed by atoms with van der Waals surface area (Å²) in [6.45, 7) is 11.0. The number of carbonyl (C=O) groups is 1. The molecule has 1 N–H and O–H groups in total. The lowest BCUT2D eigenvalue weighted by Crippen LogP contribution is -2.38. The van der Waals surface area contributed by atoms with E-state index in [4.69, 9.17) is 4.74 Å². The van der Waals surface area contributed by atoms with Gasteiger partial charge < -0.3 is 10.1 Å². The van der Waals surface area contributed by atoms with Crippen molar-refractivity contribution in [3.05, 3.63) is 52.6 Å².